The van der Waals surface area contributed by atoms with Crippen LogP contribution in [0.3, 0.4) is 0 Å². The van der Waals surface area contributed by atoms with Gasteiger partial charge < -0.3 is 0 Å². The molecule has 0 aromatic heterocycles. The van der Waals surface area contributed by atoms with Gasteiger partial charge in [0.05, 0.1) is 6.04 Å². The van der Waals surface area contributed by atoms with Crippen LogP contribution in [-0.2, 0) is 9.59 Å². The minimum absolute atomic E-state index is 0.0269. The maximum atomic E-state index is 10.5. The lowest BCUT2D eigenvalue weighted by Gasteiger charge is -2.26. The second-order valence-electron chi connectivity index (χ2n) is 4.58. The fourth-order valence-electron chi connectivity index (χ4n) is 2.61. The van der Waals surface area contributed by atoms with Gasteiger partial charge in [-0.1, -0.05) is 49.6 Å². The van der Waals surface area contributed by atoms with Crippen molar-refractivity contribution in [1.29, 1.82) is 5.41 Å². The van der Waals surface area contributed by atoms with Gasteiger partial charge in [0.2, 0.25) is 12.2 Å². The summed E-state index contributed by atoms with van der Waals surface area (Å²) in [5.74, 6) is 0.526. The highest BCUT2D eigenvalue weighted by molar-refractivity contribution is 5.35. The molecule has 0 spiro atoms. The lowest BCUT2D eigenvalue weighted by Crippen LogP contribution is -2.14. The van der Waals surface area contributed by atoms with Crippen LogP contribution >= 0.6 is 0 Å². The third-order valence-electron chi connectivity index (χ3n) is 3.43. The normalized spacial score (nSPS) is 16.2. The Bertz CT molecular complexity index is 440. The van der Waals surface area contributed by atoms with Crippen LogP contribution in [0.2, 0.25) is 0 Å². The Morgan fingerprint density at radius 1 is 1.11 bits per heavy atom. The lowest BCUT2D eigenvalue weighted by molar-refractivity contribution is 0.309. The van der Waals surface area contributed by atoms with Gasteiger partial charge in [0.1, 0.15) is 0 Å². The average molecular weight is 258 g/mol. The van der Waals surface area contributed by atoms with E-state index in [1.807, 2.05) is 18.2 Å². The summed E-state index contributed by atoms with van der Waals surface area (Å²) in [4.78, 5) is 22.9. The van der Waals surface area contributed by atoms with Crippen LogP contribution in [0.5, 0.6) is 0 Å². The van der Waals surface area contributed by atoms with E-state index in [2.05, 4.69) is 17.1 Å². The summed E-state index contributed by atoms with van der Waals surface area (Å²) in [5.41, 5.74) is 1.15. The molecular formula is C15H18N2O2. The maximum Gasteiger partial charge on any atom is 0.235 e. The third kappa shape index (κ3) is 5.01. The zero-order valence-electron chi connectivity index (χ0n) is 10.8. The van der Waals surface area contributed by atoms with E-state index in [9.17, 15) is 4.79 Å². The second kappa shape index (κ2) is 8.98. The van der Waals surface area contributed by atoms with Crippen LogP contribution in [-0.4, -0.2) is 12.2 Å². The van der Waals surface area contributed by atoms with Crippen molar-refractivity contribution < 1.29 is 9.59 Å². The van der Waals surface area contributed by atoms with Crippen LogP contribution in [0.15, 0.2) is 35.3 Å². The number of rotatable bonds is 3. The van der Waals surface area contributed by atoms with E-state index in [1.165, 1.54) is 32.1 Å². The minimum Gasteiger partial charge on any atom is -0.222 e. The first-order chi connectivity index (χ1) is 9.33. The first kappa shape index (κ1) is 15.0. The highest BCUT2D eigenvalue weighted by atomic mass is 16.1. The molecule has 0 heterocycles. The van der Waals surface area contributed by atoms with E-state index in [1.54, 1.807) is 6.08 Å². The predicted molar refractivity (Wildman–Crippen MR) is 72.3 cm³/mol. The highest BCUT2D eigenvalue weighted by Gasteiger charge is 2.24. The molecule has 1 aliphatic carbocycles. The quantitative estimate of drug-likeness (QED) is 0.665. The van der Waals surface area contributed by atoms with Gasteiger partial charge in [0, 0.05) is 0 Å². The van der Waals surface area contributed by atoms with Gasteiger partial charge >= 0.3 is 0 Å². The van der Waals surface area contributed by atoms with E-state index in [0.717, 1.165) is 11.6 Å². The zero-order chi connectivity index (χ0) is 13.9. The van der Waals surface area contributed by atoms with Gasteiger partial charge in [-0.25, -0.2) is 15.0 Å². The minimum atomic E-state index is 0.0269. The molecule has 1 saturated carbocycles. The number of aliphatic imine (C=N–C) groups is 1. The molecule has 100 valence electrons. The van der Waals surface area contributed by atoms with Gasteiger partial charge in [0.25, 0.3) is 0 Å². The second-order valence-corrected chi connectivity index (χ2v) is 4.58. The molecule has 0 saturated heterocycles. The third-order valence-corrected chi connectivity index (χ3v) is 3.43. The Balaban J connectivity index is 0.000000550. The van der Waals surface area contributed by atoms with Crippen LogP contribution < -0.4 is 0 Å². The van der Waals surface area contributed by atoms with Gasteiger partial charge in [-0.2, -0.15) is 4.99 Å². The lowest BCUT2D eigenvalue weighted by atomic mass is 9.81. The van der Waals surface area contributed by atoms with Gasteiger partial charge in [0.15, 0.2) is 0 Å². The van der Waals surface area contributed by atoms with Crippen molar-refractivity contribution in [3.8, 4) is 0 Å². The van der Waals surface area contributed by atoms with Gasteiger partial charge in [-0.3, -0.25) is 0 Å². The zero-order valence-corrected chi connectivity index (χ0v) is 10.8. The fraction of sp³-hybridized carbons (Fsp3) is 0.467. The number of benzene rings is 1. The summed E-state index contributed by atoms with van der Waals surface area (Å²) in [6.07, 6.45) is 8.71. The summed E-state index contributed by atoms with van der Waals surface area (Å²) >= 11 is 0. The van der Waals surface area contributed by atoms with Crippen molar-refractivity contribution in [3.05, 3.63) is 35.9 Å². The molecule has 1 fully saturated rings. The molecule has 0 aliphatic heterocycles. The molecule has 1 atom stereocenters. The molecule has 1 aromatic carbocycles. The number of hydrogen-bond acceptors (Lipinski definition) is 4. The van der Waals surface area contributed by atoms with Crippen molar-refractivity contribution in [2.45, 2.75) is 38.1 Å². The Morgan fingerprint density at radius 3 is 2.21 bits per heavy atom. The Kier molecular flexibility index (Phi) is 7.11. The molecule has 19 heavy (non-hydrogen) atoms. The molecule has 4 nitrogen and oxygen atoms in total. The molecule has 2 rings (SSSR count). The van der Waals surface area contributed by atoms with Crippen molar-refractivity contribution in [2.24, 2.45) is 10.9 Å². The summed E-state index contributed by atoms with van der Waals surface area (Å²) in [6, 6.07) is 10.1. The number of nitrogens with one attached hydrogen (secondary N) is 1. The number of isocyanates is 2. The summed E-state index contributed by atoms with van der Waals surface area (Å²) in [7, 11) is 0. The molecule has 1 unspecified atom stereocenters. The topological polar surface area (TPSA) is 70.3 Å². The smallest absolute Gasteiger partial charge is 0.222 e. The van der Waals surface area contributed by atoms with E-state index in [0.29, 0.717) is 5.92 Å². The highest BCUT2D eigenvalue weighted by Crippen LogP contribution is 2.36. The van der Waals surface area contributed by atoms with E-state index < -0.39 is 0 Å². The summed E-state index contributed by atoms with van der Waals surface area (Å²) < 4.78 is 0. The number of hydrogen-bond donors (Lipinski definition) is 1. The van der Waals surface area contributed by atoms with Gasteiger partial charge in [-0.05, 0) is 24.3 Å². The number of carbonyl (C=O) groups excluding carboxylic acids is 2. The van der Waals surface area contributed by atoms with E-state index in [-0.39, 0.29) is 6.04 Å². The molecule has 1 N–H and O–H groups in total. The summed E-state index contributed by atoms with van der Waals surface area (Å²) in [5, 5.41) is 5.40. The molecule has 1 aromatic rings. The van der Waals surface area contributed by atoms with Crippen molar-refractivity contribution in [3.63, 3.8) is 0 Å². The van der Waals surface area contributed by atoms with Crippen LogP contribution in [0.25, 0.3) is 0 Å². The monoisotopic (exact) mass is 258 g/mol. The van der Waals surface area contributed by atoms with Crippen LogP contribution in [0.4, 0.5) is 0 Å². The Morgan fingerprint density at radius 2 is 1.68 bits per heavy atom. The van der Waals surface area contributed by atoms with Crippen LogP contribution in [0, 0.1) is 11.3 Å². The largest absolute Gasteiger partial charge is 0.235 e. The molecule has 0 radical (unpaired) electrons. The van der Waals surface area contributed by atoms with E-state index in [4.69, 9.17) is 10.2 Å². The van der Waals surface area contributed by atoms with Crippen molar-refractivity contribution >= 4 is 12.2 Å². The number of nitrogens with zero attached hydrogens (tertiary/aromatic N) is 1. The first-order valence-corrected chi connectivity index (χ1v) is 6.49. The Hall–Kier alpha value is -2.02. The van der Waals surface area contributed by atoms with Crippen molar-refractivity contribution in [1.82, 2.24) is 0 Å². The molecule has 0 bridgehead atoms. The maximum absolute atomic E-state index is 10.5. The van der Waals surface area contributed by atoms with E-state index >= 15 is 0 Å². The Labute approximate surface area is 113 Å². The fourth-order valence-corrected chi connectivity index (χ4v) is 2.61. The first-order valence-electron chi connectivity index (χ1n) is 6.49. The SMILES string of the molecule is N=C=O.O=C=NC(c1ccccc1)C1CCCCC1. The molecule has 4 heteroatoms. The van der Waals surface area contributed by atoms with Crippen molar-refractivity contribution in [2.75, 3.05) is 0 Å². The molecule has 1 aliphatic rings. The standard InChI is InChI=1S/C14H17NO.CHNO/c16-11-15-14(12-7-3-1-4-8-12)13-9-5-2-6-10-13;2-1-3/h1,3-4,7-8,13-14H,2,5-6,9-10H2;2H. The van der Waals surface area contributed by atoms with Gasteiger partial charge in [-0.15, -0.1) is 0 Å². The predicted octanol–water partition coefficient (Wildman–Crippen LogP) is 3.54. The van der Waals surface area contributed by atoms with Crippen LogP contribution in [0.1, 0.15) is 43.7 Å². The molecule has 0 amide bonds. The summed E-state index contributed by atoms with van der Waals surface area (Å²) in [6.45, 7) is 0. The average Bonchev–Trinajstić information content (AvgIpc) is 2.47. The molecular weight excluding hydrogens is 240 g/mol.